The highest BCUT2D eigenvalue weighted by Gasteiger charge is 2.21. The molecule has 0 aliphatic carbocycles. The third kappa shape index (κ3) is 3.42. The first-order valence-electron chi connectivity index (χ1n) is 7.66. The summed E-state index contributed by atoms with van der Waals surface area (Å²) in [7, 11) is 0. The number of aromatic hydroxyl groups is 1. The first kappa shape index (κ1) is 14.1. The minimum atomic E-state index is 0.365. The van der Waals surface area contributed by atoms with Crippen molar-refractivity contribution >= 4 is 0 Å². The number of rotatable bonds is 4. The number of piperidine rings is 1. The van der Waals surface area contributed by atoms with Crippen LogP contribution >= 0.6 is 0 Å². The van der Waals surface area contributed by atoms with Crippen LogP contribution in [0, 0.1) is 0 Å². The van der Waals surface area contributed by atoms with Gasteiger partial charge in [-0.15, -0.1) is 0 Å². The molecule has 1 aliphatic rings. The molecule has 2 heterocycles. The van der Waals surface area contributed by atoms with Crippen molar-refractivity contribution in [2.45, 2.75) is 38.6 Å². The smallest absolute Gasteiger partial charge is 0.150 e. The predicted molar refractivity (Wildman–Crippen MR) is 81.1 cm³/mol. The van der Waals surface area contributed by atoms with Crippen molar-refractivity contribution in [3.05, 3.63) is 41.5 Å². The van der Waals surface area contributed by atoms with Crippen molar-refractivity contribution in [1.82, 2.24) is 20.1 Å². The summed E-state index contributed by atoms with van der Waals surface area (Å²) >= 11 is 0. The Morgan fingerprint density at radius 3 is 2.81 bits per heavy atom. The van der Waals surface area contributed by atoms with Gasteiger partial charge in [0.25, 0.3) is 0 Å². The lowest BCUT2D eigenvalue weighted by Crippen LogP contribution is -2.32. The van der Waals surface area contributed by atoms with E-state index in [2.05, 4.69) is 33.1 Å². The largest absolute Gasteiger partial charge is 0.508 e. The second kappa shape index (κ2) is 6.26. The summed E-state index contributed by atoms with van der Waals surface area (Å²) in [5.41, 5.74) is 1.25. The summed E-state index contributed by atoms with van der Waals surface area (Å²) < 4.78 is 0. The molecule has 21 heavy (non-hydrogen) atoms. The second-order valence-corrected chi connectivity index (χ2v) is 5.70. The van der Waals surface area contributed by atoms with Crippen LogP contribution in [0.2, 0.25) is 0 Å². The van der Waals surface area contributed by atoms with E-state index in [-0.39, 0.29) is 0 Å². The Kier molecular flexibility index (Phi) is 4.20. The van der Waals surface area contributed by atoms with Gasteiger partial charge in [0.1, 0.15) is 17.4 Å². The summed E-state index contributed by atoms with van der Waals surface area (Å²) in [6.45, 7) is 5.03. The molecule has 1 saturated heterocycles. The number of H-pyrrole nitrogens is 1. The monoisotopic (exact) mass is 286 g/mol. The Morgan fingerprint density at radius 1 is 1.33 bits per heavy atom. The Hall–Kier alpha value is -1.88. The molecular weight excluding hydrogens is 264 g/mol. The lowest BCUT2D eigenvalue weighted by Gasteiger charge is -2.31. The zero-order chi connectivity index (χ0) is 14.7. The van der Waals surface area contributed by atoms with E-state index >= 15 is 0 Å². The first-order valence-corrected chi connectivity index (χ1v) is 7.66. The maximum absolute atomic E-state index is 9.59. The molecule has 5 heteroatoms. The van der Waals surface area contributed by atoms with Crippen molar-refractivity contribution in [2.75, 3.05) is 13.1 Å². The fourth-order valence-corrected chi connectivity index (χ4v) is 2.98. The van der Waals surface area contributed by atoms with Gasteiger partial charge in [0.05, 0.1) is 6.54 Å². The summed E-state index contributed by atoms with van der Waals surface area (Å²) in [6, 6.07) is 7.67. The second-order valence-electron chi connectivity index (χ2n) is 5.70. The molecule has 0 amide bonds. The molecule has 0 bridgehead atoms. The molecule has 0 radical (unpaired) electrons. The number of phenols is 1. The van der Waals surface area contributed by atoms with E-state index in [0.717, 1.165) is 50.5 Å². The molecule has 1 aromatic carbocycles. The normalized spacial score (nSPS) is 17.2. The zero-order valence-corrected chi connectivity index (χ0v) is 12.4. The summed E-state index contributed by atoms with van der Waals surface area (Å²) in [5, 5.41) is 16.8. The van der Waals surface area contributed by atoms with Crippen LogP contribution in [0.3, 0.4) is 0 Å². The van der Waals surface area contributed by atoms with E-state index in [4.69, 9.17) is 0 Å². The third-order valence-corrected chi connectivity index (χ3v) is 4.20. The molecule has 2 aromatic rings. The van der Waals surface area contributed by atoms with E-state index in [9.17, 15) is 5.11 Å². The number of hydrogen-bond acceptors (Lipinski definition) is 4. The van der Waals surface area contributed by atoms with Crippen LogP contribution in [0.25, 0.3) is 0 Å². The van der Waals surface area contributed by atoms with Crippen molar-refractivity contribution in [3.63, 3.8) is 0 Å². The summed E-state index contributed by atoms with van der Waals surface area (Å²) in [4.78, 5) is 6.89. The van der Waals surface area contributed by atoms with Crippen LogP contribution < -0.4 is 0 Å². The lowest BCUT2D eigenvalue weighted by molar-refractivity contribution is 0.200. The Bertz CT molecular complexity index is 587. The van der Waals surface area contributed by atoms with E-state index in [1.54, 1.807) is 6.07 Å². The third-order valence-electron chi connectivity index (χ3n) is 4.20. The number of aryl methyl sites for hydroxylation is 1. The molecule has 1 aliphatic heterocycles. The van der Waals surface area contributed by atoms with Gasteiger partial charge >= 0.3 is 0 Å². The SMILES string of the molecule is CCc1n[nH]c(CN2CCC(c3cccc(O)c3)CC2)n1. The first-order chi connectivity index (χ1) is 10.2. The molecular formula is C16H22N4O. The lowest BCUT2D eigenvalue weighted by atomic mass is 9.89. The van der Waals surface area contributed by atoms with Gasteiger partial charge in [0.15, 0.2) is 0 Å². The molecule has 1 aromatic heterocycles. The molecule has 5 nitrogen and oxygen atoms in total. The van der Waals surface area contributed by atoms with E-state index < -0.39 is 0 Å². The van der Waals surface area contributed by atoms with Crippen molar-refractivity contribution in [2.24, 2.45) is 0 Å². The van der Waals surface area contributed by atoms with Gasteiger partial charge in [0, 0.05) is 6.42 Å². The minimum absolute atomic E-state index is 0.365. The number of hydrogen-bond donors (Lipinski definition) is 2. The average Bonchev–Trinajstić information content (AvgIpc) is 2.96. The fraction of sp³-hybridized carbons (Fsp3) is 0.500. The molecule has 0 spiro atoms. The number of aromatic nitrogens is 3. The van der Waals surface area contributed by atoms with Gasteiger partial charge in [-0.1, -0.05) is 19.1 Å². The Labute approximate surface area is 125 Å². The van der Waals surface area contributed by atoms with Gasteiger partial charge < -0.3 is 5.11 Å². The highest BCUT2D eigenvalue weighted by Crippen LogP contribution is 2.30. The maximum Gasteiger partial charge on any atom is 0.150 e. The molecule has 112 valence electrons. The molecule has 1 fully saturated rings. The highest BCUT2D eigenvalue weighted by atomic mass is 16.3. The maximum atomic E-state index is 9.59. The van der Waals surface area contributed by atoms with Crippen LogP contribution in [0.5, 0.6) is 5.75 Å². The molecule has 3 rings (SSSR count). The van der Waals surface area contributed by atoms with Crippen LogP contribution in [0.15, 0.2) is 24.3 Å². The van der Waals surface area contributed by atoms with E-state index in [1.807, 2.05) is 12.1 Å². The van der Waals surface area contributed by atoms with Gasteiger partial charge in [-0.05, 0) is 49.5 Å². The van der Waals surface area contributed by atoms with Gasteiger partial charge in [-0.25, -0.2) is 4.98 Å². The van der Waals surface area contributed by atoms with Crippen molar-refractivity contribution < 1.29 is 5.11 Å². The van der Waals surface area contributed by atoms with Crippen LogP contribution in [-0.4, -0.2) is 38.3 Å². The summed E-state index contributed by atoms with van der Waals surface area (Å²) in [6.07, 6.45) is 3.12. The molecule has 0 atom stereocenters. The molecule has 2 N–H and O–H groups in total. The number of nitrogens with zero attached hydrogens (tertiary/aromatic N) is 3. The molecule has 0 unspecified atom stereocenters. The van der Waals surface area contributed by atoms with Crippen LogP contribution in [0.4, 0.5) is 0 Å². The van der Waals surface area contributed by atoms with Gasteiger partial charge in [0.2, 0.25) is 0 Å². The number of likely N-dealkylation sites (tertiary alicyclic amines) is 1. The number of phenolic OH excluding ortho intramolecular Hbond substituents is 1. The number of benzene rings is 1. The zero-order valence-electron chi connectivity index (χ0n) is 12.4. The van der Waals surface area contributed by atoms with Crippen molar-refractivity contribution in [3.8, 4) is 5.75 Å². The topological polar surface area (TPSA) is 65.0 Å². The van der Waals surface area contributed by atoms with E-state index in [1.165, 1.54) is 5.56 Å². The minimum Gasteiger partial charge on any atom is -0.508 e. The van der Waals surface area contributed by atoms with Gasteiger partial charge in [-0.3, -0.25) is 10.00 Å². The van der Waals surface area contributed by atoms with Gasteiger partial charge in [-0.2, -0.15) is 5.10 Å². The number of nitrogens with one attached hydrogen (secondary N) is 1. The quantitative estimate of drug-likeness (QED) is 0.906. The highest BCUT2D eigenvalue weighted by molar-refractivity contribution is 5.30. The standard InChI is InChI=1S/C16H22N4O/c1-2-15-17-16(19-18-15)11-20-8-6-12(7-9-20)13-4-3-5-14(21)10-13/h3-5,10,12,21H,2,6-9,11H2,1H3,(H,17,18,19). The fourth-order valence-electron chi connectivity index (χ4n) is 2.98. The van der Waals surface area contributed by atoms with Crippen molar-refractivity contribution in [1.29, 1.82) is 0 Å². The number of aromatic amines is 1. The van der Waals surface area contributed by atoms with Crippen LogP contribution in [-0.2, 0) is 13.0 Å². The predicted octanol–water partition coefficient (Wildman–Crippen LogP) is 2.45. The summed E-state index contributed by atoms with van der Waals surface area (Å²) in [5.74, 6) is 2.76. The Morgan fingerprint density at radius 2 is 2.14 bits per heavy atom. The average molecular weight is 286 g/mol. The Balaban J connectivity index is 1.55. The molecule has 0 saturated carbocycles. The van der Waals surface area contributed by atoms with Crippen LogP contribution in [0.1, 0.15) is 42.9 Å². The van der Waals surface area contributed by atoms with E-state index in [0.29, 0.717) is 11.7 Å².